The number of hydrogen-bond acceptors (Lipinski definition) is 4. The van der Waals surface area contributed by atoms with Crippen molar-refractivity contribution in [2.45, 2.75) is 291 Å². The van der Waals surface area contributed by atoms with Gasteiger partial charge in [-0.2, -0.15) is 0 Å². The van der Waals surface area contributed by atoms with Gasteiger partial charge in [0.25, 0.3) is 0 Å². The van der Waals surface area contributed by atoms with E-state index >= 15 is 4.57 Å². The maximum atomic E-state index is 15.2. The summed E-state index contributed by atoms with van der Waals surface area (Å²) in [6.45, 7) is 25.7. The minimum atomic E-state index is -3.60. The topological polar surface area (TPSA) is 55.8 Å². The standard InChI is InChI=1S/C51H97O4P/c1-13-15-17-19-21-23-25-27-29-31-33-35-37-39-50(9,10)54-56(53,43-44-41-45(48(3,4)5)47(52)46(42-44)49(6,7)8)55-51(11,12)40-38-36-34-32-30-28-26-24-22-20-18-16-14-2/h41-42,52H,13-40,43H2,1-12H3. The smallest absolute Gasteiger partial charge is 0.336 e. The van der Waals surface area contributed by atoms with Crippen LogP contribution in [0, 0.1) is 0 Å². The monoisotopic (exact) mass is 805 g/mol. The molecule has 1 aromatic carbocycles. The summed E-state index contributed by atoms with van der Waals surface area (Å²) in [7, 11) is -3.60. The zero-order chi connectivity index (χ0) is 42.1. The summed E-state index contributed by atoms with van der Waals surface area (Å²) in [6.07, 6.45) is 36.3. The molecular formula is C51H97O4P. The van der Waals surface area contributed by atoms with Crippen LogP contribution in [-0.2, 0) is 30.6 Å². The molecule has 330 valence electrons. The van der Waals surface area contributed by atoms with Gasteiger partial charge in [-0.05, 0) is 68.1 Å². The number of unbranched alkanes of at least 4 members (excludes halogenated alkanes) is 24. The van der Waals surface area contributed by atoms with Gasteiger partial charge in [-0.15, -0.1) is 0 Å². The molecule has 1 rings (SSSR count). The largest absolute Gasteiger partial charge is 0.507 e. The molecule has 0 spiro atoms. The molecule has 56 heavy (non-hydrogen) atoms. The zero-order valence-electron chi connectivity index (χ0n) is 39.8. The molecule has 0 aromatic heterocycles. The highest BCUT2D eigenvalue weighted by Gasteiger charge is 2.39. The highest BCUT2D eigenvalue weighted by Crippen LogP contribution is 2.59. The van der Waals surface area contributed by atoms with Gasteiger partial charge >= 0.3 is 7.60 Å². The average molecular weight is 805 g/mol. The first-order chi connectivity index (χ1) is 26.3. The van der Waals surface area contributed by atoms with Crippen LogP contribution in [0.25, 0.3) is 0 Å². The van der Waals surface area contributed by atoms with E-state index in [0.29, 0.717) is 5.75 Å². The molecule has 0 aliphatic heterocycles. The van der Waals surface area contributed by atoms with Crippen LogP contribution in [0.1, 0.15) is 280 Å². The second kappa shape index (κ2) is 27.8. The predicted molar refractivity (Wildman–Crippen MR) is 248 cm³/mol. The Morgan fingerprint density at radius 1 is 0.446 bits per heavy atom. The molecule has 0 amide bonds. The first-order valence-electron chi connectivity index (χ1n) is 24.1. The molecule has 0 heterocycles. The van der Waals surface area contributed by atoms with Crippen LogP contribution in [-0.4, -0.2) is 16.3 Å². The van der Waals surface area contributed by atoms with E-state index in [1.54, 1.807) is 0 Å². The number of rotatable bonds is 34. The Morgan fingerprint density at radius 3 is 0.946 bits per heavy atom. The predicted octanol–water partition coefficient (Wildman–Crippen LogP) is 18.2. The van der Waals surface area contributed by atoms with Gasteiger partial charge < -0.3 is 14.2 Å². The van der Waals surface area contributed by atoms with Crippen molar-refractivity contribution in [1.82, 2.24) is 0 Å². The van der Waals surface area contributed by atoms with E-state index in [0.717, 1.165) is 42.4 Å². The quantitative estimate of drug-likeness (QED) is 0.0557. The molecule has 1 aromatic rings. The lowest BCUT2D eigenvalue weighted by Crippen LogP contribution is -2.29. The summed E-state index contributed by atoms with van der Waals surface area (Å²) in [6, 6.07) is 4.09. The van der Waals surface area contributed by atoms with Gasteiger partial charge in [-0.1, -0.05) is 234 Å². The summed E-state index contributed by atoms with van der Waals surface area (Å²) < 4.78 is 28.7. The number of hydrogen-bond donors (Lipinski definition) is 1. The maximum Gasteiger partial charge on any atom is 0.336 e. The molecule has 0 fully saturated rings. The number of phenols is 1. The molecule has 0 atom stereocenters. The van der Waals surface area contributed by atoms with Crippen molar-refractivity contribution < 1.29 is 18.7 Å². The fourth-order valence-corrected chi connectivity index (χ4v) is 10.7. The fourth-order valence-electron chi connectivity index (χ4n) is 8.22. The van der Waals surface area contributed by atoms with Crippen molar-refractivity contribution in [3.05, 3.63) is 28.8 Å². The normalized spacial score (nSPS) is 13.2. The molecule has 4 nitrogen and oxygen atoms in total. The highest BCUT2D eigenvalue weighted by molar-refractivity contribution is 7.53. The maximum absolute atomic E-state index is 15.2. The molecule has 0 aliphatic rings. The van der Waals surface area contributed by atoms with Gasteiger partial charge in [0.15, 0.2) is 0 Å². The van der Waals surface area contributed by atoms with E-state index < -0.39 is 18.8 Å². The summed E-state index contributed by atoms with van der Waals surface area (Å²) in [4.78, 5) is 0. The third-order valence-corrected chi connectivity index (χ3v) is 14.0. The number of phenolic OH excluding ortho intramolecular Hbond substituents is 1. The van der Waals surface area contributed by atoms with Crippen LogP contribution >= 0.6 is 7.60 Å². The van der Waals surface area contributed by atoms with Crippen molar-refractivity contribution in [1.29, 1.82) is 0 Å². The lowest BCUT2D eigenvalue weighted by atomic mass is 9.78. The second-order valence-corrected chi connectivity index (χ2v) is 22.9. The average Bonchev–Trinajstić information content (AvgIpc) is 3.07. The fraction of sp³-hybridized carbons (Fsp3) is 0.882. The van der Waals surface area contributed by atoms with E-state index in [2.05, 4.69) is 83.1 Å². The molecule has 0 bridgehead atoms. The second-order valence-electron chi connectivity index (χ2n) is 21.0. The first kappa shape index (κ1) is 53.2. The van der Waals surface area contributed by atoms with E-state index in [1.807, 2.05) is 12.1 Å². The number of aromatic hydroxyl groups is 1. The van der Waals surface area contributed by atoms with Crippen LogP contribution in [0.4, 0.5) is 0 Å². The van der Waals surface area contributed by atoms with Crippen molar-refractivity contribution in [2.75, 3.05) is 0 Å². The van der Waals surface area contributed by atoms with Crippen molar-refractivity contribution >= 4 is 7.60 Å². The minimum absolute atomic E-state index is 0.198. The third-order valence-electron chi connectivity index (χ3n) is 11.7. The SMILES string of the molecule is CCCCCCCCCCCCCCCC(C)(C)OP(=O)(Cc1cc(C(C)(C)C)c(O)c(C(C)(C)C)c1)OC(C)(C)CCCCCCCCCCCCCCC. The Kier molecular flexibility index (Phi) is 26.4. The Balaban J connectivity index is 2.87. The Labute approximate surface area is 350 Å². The van der Waals surface area contributed by atoms with E-state index in [-0.39, 0.29) is 17.0 Å². The molecule has 0 saturated carbocycles. The molecule has 0 radical (unpaired) electrons. The minimum Gasteiger partial charge on any atom is -0.507 e. The van der Waals surface area contributed by atoms with Crippen molar-refractivity contribution in [3.63, 3.8) is 0 Å². The van der Waals surface area contributed by atoms with Crippen molar-refractivity contribution in [2.24, 2.45) is 0 Å². The number of benzene rings is 1. The molecule has 0 aliphatic carbocycles. The van der Waals surface area contributed by atoms with Gasteiger partial charge in [-0.3, -0.25) is 4.57 Å². The van der Waals surface area contributed by atoms with Gasteiger partial charge in [0.1, 0.15) is 5.75 Å². The molecule has 0 unspecified atom stereocenters. The van der Waals surface area contributed by atoms with E-state index in [1.165, 1.54) is 154 Å². The van der Waals surface area contributed by atoms with Crippen LogP contribution in [0.5, 0.6) is 5.75 Å². The summed E-state index contributed by atoms with van der Waals surface area (Å²) in [5.74, 6) is 0.343. The van der Waals surface area contributed by atoms with Gasteiger partial charge in [0.05, 0.1) is 17.4 Å². The zero-order valence-corrected chi connectivity index (χ0v) is 40.7. The molecular weight excluding hydrogens is 708 g/mol. The Bertz CT molecular complexity index is 1100. The molecule has 0 saturated heterocycles. The first-order valence-corrected chi connectivity index (χ1v) is 25.9. The summed E-state index contributed by atoms with van der Waals surface area (Å²) >= 11 is 0. The van der Waals surface area contributed by atoms with E-state index in [4.69, 9.17) is 9.05 Å². The van der Waals surface area contributed by atoms with Gasteiger partial charge in [0, 0.05) is 0 Å². The van der Waals surface area contributed by atoms with Gasteiger partial charge in [0.2, 0.25) is 0 Å². The lowest BCUT2D eigenvalue weighted by molar-refractivity contribution is 0.0216. The molecule has 5 heteroatoms. The van der Waals surface area contributed by atoms with Gasteiger partial charge in [-0.25, -0.2) is 0 Å². The van der Waals surface area contributed by atoms with Crippen LogP contribution < -0.4 is 0 Å². The highest BCUT2D eigenvalue weighted by atomic mass is 31.2. The van der Waals surface area contributed by atoms with Crippen LogP contribution in [0.15, 0.2) is 12.1 Å². The van der Waals surface area contributed by atoms with E-state index in [9.17, 15) is 5.11 Å². The van der Waals surface area contributed by atoms with Crippen molar-refractivity contribution in [3.8, 4) is 5.75 Å². The van der Waals surface area contributed by atoms with Crippen LogP contribution in [0.3, 0.4) is 0 Å². The third kappa shape index (κ3) is 24.9. The summed E-state index contributed by atoms with van der Waals surface area (Å²) in [5, 5.41) is 11.4. The lowest BCUT2D eigenvalue weighted by Gasteiger charge is -2.36. The Hall–Kier alpha value is -0.830. The Morgan fingerprint density at radius 2 is 0.696 bits per heavy atom. The molecule has 1 N–H and O–H groups in total. The van der Waals surface area contributed by atoms with Crippen LogP contribution in [0.2, 0.25) is 0 Å². The summed E-state index contributed by atoms with van der Waals surface area (Å²) in [5.41, 5.74) is 0.979.